The van der Waals surface area contributed by atoms with Gasteiger partial charge in [0, 0.05) is 64.6 Å². The predicted octanol–water partition coefficient (Wildman–Crippen LogP) is 5.95. The van der Waals surface area contributed by atoms with Crippen molar-refractivity contribution in [1.82, 2.24) is 20.4 Å². The van der Waals surface area contributed by atoms with Gasteiger partial charge in [0.05, 0.1) is 12.1 Å². The van der Waals surface area contributed by atoms with Crippen LogP contribution in [0, 0.1) is 0 Å². The molecule has 2 aromatic heterocycles. The quantitative estimate of drug-likeness (QED) is 0.0452. The van der Waals surface area contributed by atoms with Crippen LogP contribution >= 0.6 is 22.7 Å². The Bertz CT molecular complexity index is 2440. The average Bonchev–Trinajstić information content (AvgIpc) is 4.14. The number of nitrogens with one attached hydrogen (secondary N) is 2. The highest BCUT2D eigenvalue weighted by atomic mass is 32.1. The van der Waals surface area contributed by atoms with Crippen molar-refractivity contribution < 1.29 is 81.8 Å². The summed E-state index contributed by atoms with van der Waals surface area (Å²) < 4.78 is 23.5. The molecule has 4 amide bonds. The highest BCUT2D eigenvalue weighted by Gasteiger charge is 2.49. The van der Waals surface area contributed by atoms with E-state index in [1.165, 1.54) is 23.9 Å². The number of rotatable bonds is 20. The maximum Gasteiger partial charge on any atom is 0.359 e. The number of likely N-dealkylation sites (N-methyl/N-ethyl adjacent to an activating group) is 2. The van der Waals surface area contributed by atoms with Gasteiger partial charge in [-0.1, -0.05) is 110 Å². The van der Waals surface area contributed by atoms with Crippen LogP contribution in [0.3, 0.4) is 0 Å². The van der Waals surface area contributed by atoms with Crippen LogP contribution in [-0.2, 0) is 84.5 Å². The normalized spacial score (nSPS) is 15.0. The first-order chi connectivity index (χ1) is 34.5. The second-order valence-electron chi connectivity index (χ2n) is 16.1. The first-order valence-corrected chi connectivity index (χ1v) is 24.3. The van der Waals surface area contributed by atoms with Crippen LogP contribution in [0.5, 0.6) is 0 Å². The minimum absolute atomic E-state index is 0. The minimum Gasteiger partial charge on any atom is -0.448 e. The van der Waals surface area contributed by atoms with E-state index >= 15 is 0 Å². The van der Waals surface area contributed by atoms with Crippen LogP contribution in [0.25, 0.3) is 0 Å². The Hall–Kier alpha value is -7.34. The predicted molar refractivity (Wildman–Crippen MR) is 296 cm³/mol. The maximum absolute atomic E-state index is 13.3. The summed E-state index contributed by atoms with van der Waals surface area (Å²) in [6, 6.07) is 25.6. The number of hydrogen-bond acceptors (Lipinski definition) is 19. The summed E-state index contributed by atoms with van der Waals surface area (Å²) in [7, 11) is 3.07. The number of amides is 4. The van der Waals surface area contributed by atoms with E-state index in [0.29, 0.717) is 19.4 Å². The van der Waals surface area contributed by atoms with Crippen LogP contribution in [-0.4, -0.2) is 143 Å². The molecule has 8 atom stereocenters. The van der Waals surface area contributed by atoms with Crippen LogP contribution in [0.1, 0.15) is 112 Å². The number of cyclic esters (lactones) is 2. The second-order valence-corrected chi connectivity index (χ2v) is 18.1. The fraction of sp³-hybridized carbons (Fsp3) is 0.455. The number of carbonyl (C=O) groups excluding carboxylic acids is 10. The van der Waals surface area contributed by atoms with E-state index in [2.05, 4.69) is 24.8 Å². The number of hydrogen-bond donors (Lipinski definition) is 4. The molecule has 2 aromatic carbocycles. The number of nitrogens with zero attached hydrogens (tertiary/aromatic N) is 2. The third kappa shape index (κ3) is 23.9. The molecule has 0 bridgehead atoms. The van der Waals surface area contributed by atoms with Gasteiger partial charge in [-0.3, -0.25) is 38.4 Å². The molecule has 0 spiro atoms. The zero-order chi connectivity index (χ0) is 54.4. The van der Waals surface area contributed by atoms with Gasteiger partial charge in [0.2, 0.25) is 24.4 Å². The third-order valence-electron chi connectivity index (χ3n) is 10.6. The molecular weight excluding hydrogens is 1050 g/mol. The first kappa shape index (κ1) is 74.9. The monoisotopic (exact) mass is 1130 g/mol. The minimum atomic E-state index is -1.81. The largest absolute Gasteiger partial charge is 0.448 e. The van der Waals surface area contributed by atoms with Crippen molar-refractivity contribution >= 4 is 82.1 Å². The SMILES string of the molecule is C.C.C.C.C.CC(=O)O[C@@H](C(=O)NCCc1cccs1)[C@@H](OC(C)=O)C(=O)N(C)[C@H](C)c1ccccc1.CC(=O)O[C@H]1C(=O)OC(=O)[C@@H]1OC(C)=O.C[C@H](c1ccccc1)N(C)C(=O)[C@H](O)[C@@H](O)C(=O)NCCc1cccs1. The zero-order valence-electron chi connectivity index (χ0n) is 41.4. The third-order valence-corrected chi connectivity index (χ3v) is 12.5. The highest BCUT2D eigenvalue weighted by Crippen LogP contribution is 2.23. The lowest BCUT2D eigenvalue weighted by Crippen LogP contribution is -2.54. The summed E-state index contributed by atoms with van der Waals surface area (Å²) in [4.78, 5) is 122. The molecule has 78 heavy (non-hydrogen) atoms. The van der Waals surface area contributed by atoms with Crippen molar-refractivity contribution in [2.45, 2.75) is 140 Å². The van der Waals surface area contributed by atoms with Crippen LogP contribution in [0.4, 0.5) is 0 Å². The number of carbonyl (C=O) groups is 10. The van der Waals surface area contributed by atoms with Crippen molar-refractivity contribution in [2.75, 3.05) is 27.2 Å². The number of esters is 6. The molecule has 1 aliphatic rings. The molecule has 1 fully saturated rings. The molecule has 0 saturated carbocycles. The fourth-order valence-corrected chi connectivity index (χ4v) is 8.02. The van der Waals surface area contributed by atoms with Crippen molar-refractivity contribution in [1.29, 1.82) is 0 Å². The summed E-state index contributed by atoms with van der Waals surface area (Å²) in [5.41, 5.74) is 1.75. The molecular formula is C55H80N4O17S2. The number of aliphatic hydroxyl groups excluding tert-OH is 2. The summed E-state index contributed by atoms with van der Waals surface area (Å²) in [6.45, 7) is 8.58. The molecule has 21 nitrogen and oxygen atoms in total. The van der Waals surface area contributed by atoms with E-state index in [-0.39, 0.29) is 55.8 Å². The second kappa shape index (κ2) is 37.4. The Balaban J connectivity index is -0.00000111. The zero-order valence-corrected chi connectivity index (χ0v) is 43.0. The summed E-state index contributed by atoms with van der Waals surface area (Å²) in [5, 5.41) is 29.2. The van der Waals surface area contributed by atoms with E-state index in [9.17, 15) is 58.2 Å². The molecule has 3 heterocycles. The number of thiophene rings is 2. The molecule has 4 N–H and O–H groups in total. The summed E-state index contributed by atoms with van der Waals surface area (Å²) in [6.07, 6.45) is -8.65. The van der Waals surface area contributed by atoms with E-state index in [4.69, 9.17) is 9.47 Å². The molecule has 434 valence electrons. The molecule has 0 unspecified atom stereocenters. The van der Waals surface area contributed by atoms with Gasteiger partial charge in [-0.05, 0) is 60.7 Å². The van der Waals surface area contributed by atoms with Crippen LogP contribution in [0.2, 0.25) is 0 Å². The van der Waals surface area contributed by atoms with E-state index in [0.717, 1.165) is 48.6 Å². The summed E-state index contributed by atoms with van der Waals surface area (Å²) >= 11 is 3.13. The van der Waals surface area contributed by atoms with Gasteiger partial charge in [-0.25, -0.2) is 9.59 Å². The molecule has 1 saturated heterocycles. The van der Waals surface area contributed by atoms with E-state index < -0.39 is 96.1 Å². The Morgan fingerprint density at radius 3 is 1.27 bits per heavy atom. The van der Waals surface area contributed by atoms with Gasteiger partial charge in [-0.15, -0.1) is 22.7 Å². The number of benzene rings is 2. The maximum atomic E-state index is 13.3. The van der Waals surface area contributed by atoms with Crippen LogP contribution < -0.4 is 10.6 Å². The van der Waals surface area contributed by atoms with Gasteiger partial charge in [0.15, 0.2) is 12.2 Å². The standard InChI is InChI=1S/C23H28N2O6S.C19H24N2O4S.C8H8O7.5CH4/c1-15(18-9-6-5-7-10-18)25(4)23(29)21(31-17(3)27)20(30-16(2)26)22(28)24-13-12-19-11-8-14-32-19;1-13(14-7-4-3-5-8-14)21(2)19(25)17(23)16(22)18(24)20-11-10-15-9-6-12-26-15;1-3(9)13-5-6(14-4(2)10)8(12)15-7(5)11;;;;;/h5-11,14-15,20-21H,12-13H2,1-4H3,(H,24,28);3-9,12-13,16-17,22-23H,10-11H2,1-2H3,(H,20,24);5-6H,1-2H3;5*1H4/t15-,20-,21-;13-,16-,17-;5-,6-;;;;;/m111...../s1. The molecule has 0 aliphatic carbocycles. The lowest BCUT2D eigenvalue weighted by Gasteiger charge is -2.31. The van der Waals surface area contributed by atoms with Gasteiger partial charge in [-0.2, -0.15) is 0 Å². The van der Waals surface area contributed by atoms with Gasteiger partial charge >= 0.3 is 35.8 Å². The average molecular weight is 1130 g/mol. The smallest absolute Gasteiger partial charge is 0.359 e. The lowest BCUT2D eigenvalue weighted by molar-refractivity contribution is -0.178. The highest BCUT2D eigenvalue weighted by molar-refractivity contribution is 7.10. The van der Waals surface area contributed by atoms with E-state index in [1.54, 1.807) is 29.6 Å². The van der Waals surface area contributed by atoms with Crippen molar-refractivity contribution in [3.05, 3.63) is 117 Å². The molecule has 0 radical (unpaired) electrons. The molecule has 5 rings (SSSR count). The van der Waals surface area contributed by atoms with Gasteiger partial charge in [0.1, 0.15) is 0 Å². The van der Waals surface area contributed by atoms with Crippen molar-refractivity contribution in [3.8, 4) is 0 Å². The Labute approximate surface area is 466 Å². The first-order valence-electron chi connectivity index (χ1n) is 22.6. The topological polar surface area (TPSA) is 288 Å². The molecule has 4 aromatic rings. The summed E-state index contributed by atoms with van der Waals surface area (Å²) in [5.74, 6) is -8.01. The Morgan fingerprint density at radius 1 is 0.538 bits per heavy atom. The number of ether oxygens (including phenoxy) is 5. The van der Waals surface area contributed by atoms with Crippen molar-refractivity contribution in [3.63, 3.8) is 0 Å². The Kier molecular flexibility index (Phi) is 35.9. The fourth-order valence-electron chi connectivity index (χ4n) is 6.60. The Morgan fingerprint density at radius 2 is 0.910 bits per heavy atom. The molecule has 23 heteroatoms. The number of aliphatic hydroxyl groups is 2. The van der Waals surface area contributed by atoms with Crippen molar-refractivity contribution in [2.24, 2.45) is 0 Å². The lowest BCUT2D eigenvalue weighted by atomic mass is 10.1. The van der Waals surface area contributed by atoms with Gasteiger partial charge in [0.25, 0.3) is 23.6 Å². The van der Waals surface area contributed by atoms with Gasteiger partial charge < -0.3 is 54.3 Å². The molecule has 1 aliphatic heterocycles. The van der Waals surface area contributed by atoms with Crippen LogP contribution in [0.15, 0.2) is 95.7 Å². The van der Waals surface area contributed by atoms with E-state index in [1.807, 2.05) is 103 Å².